The Balaban J connectivity index is 0.948. The van der Waals surface area contributed by atoms with E-state index < -0.39 is 0 Å². The molecule has 1 heteroatoms. The van der Waals surface area contributed by atoms with Crippen molar-refractivity contribution in [3.63, 3.8) is 0 Å². The van der Waals surface area contributed by atoms with Crippen molar-refractivity contribution in [3.05, 3.63) is 186 Å². The summed E-state index contributed by atoms with van der Waals surface area (Å²) in [7, 11) is 0. The summed E-state index contributed by atoms with van der Waals surface area (Å²) < 4.78 is 0. The first-order valence-corrected chi connectivity index (χ1v) is 22.5. The van der Waals surface area contributed by atoms with Gasteiger partial charge in [0, 0.05) is 22.5 Å². The van der Waals surface area contributed by atoms with Crippen LogP contribution in [0.5, 0.6) is 0 Å². The van der Waals surface area contributed by atoms with Gasteiger partial charge in [-0.15, -0.1) is 0 Å². The third kappa shape index (κ3) is 6.55. The Morgan fingerprint density at radius 1 is 0.441 bits per heavy atom. The number of hydrogen-bond donors (Lipinski definition) is 0. The summed E-state index contributed by atoms with van der Waals surface area (Å²) >= 11 is 0. The number of benzene rings is 7. The van der Waals surface area contributed by atoms with Gasteiger partial charge in [0.15, 0.2) is 0 Å². The van der Waals surface area contributed by atoms with Crippen LogP contribution in [0.15, 0.2) is 164 Å². The van der Waals surface area contributed by atoms with Crippen molar-refractivity contribution in [3.8, 4) is 44.5 Å². The van der Waals surface area contributed by atoms with Crippen LogP contribution < -0.4 is 4.90 Å². The highest BCUT2D eigenvalue weighted by atomic mass is 15.1. The lowest BCUT2D eigenvalue weighted by Gasteiger charge is -2.29. The van der Waals surface area contributed by atoms with Gasteiger partial charge >= 0.3 is 0 Å². The second-order valence-corrected chi connectivity index (χ2v) is 18.7. The van der Waals surface area contributed by atoms with Crippen LogP contribution in [0.25, 0.3) is 44.5 Å². The Morgan fingerprint density at radius 3 is 1.69 bits per heavy atom. The molecule has 0 saturated heterocycles. The van der Waals surface area contributed by atoms with Gasteiger partial charge in [-0.2, -0.15) is 0 Å². The van der Waals surface area contributed by atoms with E-state index in [2.05, 4.69) is 183 Å². The molecule has 11 rings (SSSR count). The SMILES string of the molecule is CC1(C)c2cc(N(c3ccc(-c4ccc(C5CC6CCC5C6)cc4)cc3)c3ccc(C4CCCCC4)cc3)ccc2-c2c(-c3ccc(-c4ccccc4)cc3)cccc21. The molecule has 59 heavy (non-hydrogen) atoms. The smallest absolute Gasteiger partial charge is 0.0465 e. The normalized spacial score (nSPS) is 20.3. The van der Waals surface area contributed by atoms with Crippen LogP contribution in [0, 0.1) is 11.8 Å². The van der Waals surface area contributed by atoms with Crippen molar-refractivity contribution in [2.75, 3.05) is 4.90 Å². The monoisotopic (exact) mass is 765 g/mol. The molecule has 2 bridgehead atoms. The highest BCUT2D eigenvalue weighted by molar-refractivity contribution is 5.94. The lowest BCUT2D eigenvalue weighted by Crippen LogP contribution is -2.16. The highest BCUT2D eigenvalue weighted by Gasteiger charge is 2.40. The van der Waals surface area contributed by atoms with Crippen LogP contribution in [-0.2, 0) is 5.41 Å². The predicted molar refractivity (Wildman–Crippen MR) is 249 cm³/mol. The zero-order valence-electron chi connectivity index (χ0n) is 34.7. The molecule has 3 saturated carbocycles. The highest BCUT2D eigenvalue weighted by Crippen LogP contribution is 2.55. The van der Waals surface area contributed by atoms with E-state index in [9.17, 15) is 0 Å². The molecule has 1 nitrogen and oxygen atoms in total. The second-order valence-electron chi connectivity index (χ2n) is 18.7. The first-order valence-electron chi connectivity index (χ1n) is 22.5. The summed E-state index contributed by atoms with van der Waals surface area (Å²) in [5.74, 6) is 3.33. The maximum atomic E-state index is 2.48. The average Bonchev–Trinajstić information content (AvgIpc) is 4.00. The summed E-state index contributed by atoms with van der Waals surface area (Å²) in [5, 5.41) is 0. The fourth-order valence-corrected chi connectivity index (χ4v) is 11.8. The molecule has 0 aromatic heterocycles. The summed E-state index contributed by atoms with van der Waals surface area (Å²) in [6.45, 7) is 4.81. The van der Waals surface area contributed by atoms with Crippen molar-refractivity contribution in [1.29, 1.82) is 0 Å². The van der Waals surface area contributed by atoms with Crippen molar-refractivity contribution in [2.45, 2.75) is 88.9 Å². The van der Waals surface area contributed by atoms with Gasteiger partial charge in [-0.1, -0.05) is 167 Å². The van der Waals surface area contributed by atoms with E-state index in [0.717, 1.165) is 17.8 Å². The standard InChI is InChI=1S/C58H55N/c1-58(2)55-15-9-14-52(46-22-18-42(19-23-46)40-10-5-3-6-11-40)57(55)53-35-34-51(38-56(53)58)59(49-30-26-44(27-31-49)41-12-7-4-8-13-41)50-32-28-45(29-33-50)43-20-24-47(25-21-43)54-37-39-16-17-48(54)36-39/h3,5-6,9-11,14-15,18-35,38-39,41,48,54H,4,7-8,12-13,16-17,36-37H2,1-2H3. The molecular weight excluding hydrogens is 711 g/mol. The fourth-order valence-electron chi connectivity index (χ4n) is 11.8. The zero-order valence-corrected chi connectivity index (χ0v) is 34.7. The molecule has 4 aliphatic carbocycles. The van der Waals surface area contributed by atoms with E-state index >= 15 is 0 Å². The minimum Gasteiger partial charge on any atom is -0.310 e. The van der Waals surface area contributed by atoms with Gasteiger partial charge in [0.2, 0.25) is 0 Å². The molecule has 3 atom stereocenters. The van der Waals surface area contributed by atoms with E-state index in [1.807, 2.05) is 0 Å². The number of fused-ring (bicyclic) bond motifs is 5. The van der Waals surface area contributed by atoms with Crippen molar-refractivity contribution in [2.24, 2.45) is 11.8 Å². The zero-order chi connectivity index (χ0) is 39.5. The molecule has 0 spiro atoms. The largest absolute Gasteiger partial charge is 0.310 e. The van der Waals surface area contributed by atoms with E-state index in [-0.39, 0.29) is 5.41 Å². The van der Waals surface area contributed by atoms with Gasteiger partial charge in [-0.3, -0.25) is 0 Å². The number of anilines is 3. The molecule has 0 N–H and O–H groups in total. The van der Waals surface area contributed by atoms with E-state index in [1.54, 1.807) is 5.56 Å². The first-order chi connectivity index (χ1) is 29.0. The van der Waals surface area contributed by atoms with E-state index in [0.29, 0.717) is 5.92 Å². The molecule has 0 heterocycles. The van der Waals surface area contributed by atoms with Gasteiger partial charge in [-0.05, 0) is 159 Å². The summed E-state index contributed by atoms with van der Waals surface area (Å²) in [4.78, 5) is 2.48. The van der Waals surface area contributed by atoms with Crippen molar-refractivity contribution in [1.82, 2.24) is 0 Å². The molecule has 3 fully saturated rings. The van der Waals surface area contributed by atoms with E-state index in [4.69, 9.17) is 0 Å². The van der Waals surface area contributed by atoms with Crippen LogP contribution in [0.4, 0.5) is 17.1 Å². The minimum atomic E-state index is -0.148. The van der Waals surface area contributed by atoms with Gasteiger partial charge in [0.25, 0.3) is 0 Å². The van der Waals surface area contributed by atoms with Crippen LogP contribution in [-0.4, -0.2) is 0 Å². The third-order valence-corrected chi connectivity index (χ3v) is 15.0. The van der Waals surface area contributed by atoms with Crippen LogP contribution in [0.1, 0.15) is 106 Å². The van der Waals surface area contributed by atoms with Gasteiger partial charge in [0.05, 0.1) is 0 Å². The maximum Gasteiger partial charge on any atom is 0.0465 e. The predicted octanol–water partition coefficient (Wildman–Crippen LogP) is 16.4. The van der Waals surface area contributed by atoms with Crippen LogP contribution in [0.3, 0.4) is 0 Å². The lowest BCUT2D eigenvalue weighted by molar-refractivity contribution is 0.420. The average molecular weight is 766 g/mol. The molecule has 0 aliphatic heterocycles. The van der Waals surface area contributed by atoms with Gasteiger partial charge in [0.1, 0.15) is 0 Å². The lowest BCUT2D eigenvalue weighted by atomic mass is 9.81. The van der Waals surface area contributed by atoms with E-state index in [1.165, 1.54) is 136 Å². The fraction of sp³-hybridized carbons (Fsp3) is 0.276. The first kappa shape index (κ1) is 36.4. The Labute approximate surface area is 351 Å². The molecule has 0 amide bonds. The van der Waals surface area contributed by atoms with Crippen LogP contribution >= 0.6 is 0 Å². The Kier molecular flexibility index (Phi) is 9.18. The van der Waals surface area contributed by atoms with Crippen molar-refractivity contribution < 1.29 is 0 Å². The number of nitrogens with zero attached hydrogens (tertiary/aromatic N) is 1. The summed E-state index contributed by atoms with van der Waals surface area (Å²) in [6, 6.07) is 62.4. The summed E-state index contributed by atoms with van der Waals surface area (Å²) in [6.07, 6.45) is 12.4. The van der Waals surface area contributed by atoms with Crippen LogP contribution in [0.2, 0.25) is 0 Å². The topological polar surface area (TPSA) is 3.24 Å². The van der Waals surface area contributed by atoms with Gasteiger partial charge in [-0.25, -0.2) is 0 Å². The molecule has 7 aromatic carbocycles. The summed E-state index contributed by atoms with van der Waals surface area (Å²) in [5.41, 5.74) is 19.6. The molecule has 0 radical (unpaired) electrons. The maximum absolute atomic E-state index is 2.48. The Morgan fingerprint density at radius 2 is 1.03 bits per heavy atom. The molecule has 4 aliphatic rings. The number of hydrogen-bond acceptors (Lipinski definition) is 1. The molecule has 7 aromatic rings. The van der Waals surface area contributed by atoms with Gasteiger partial charge < -0.3 is 4.90 Å². The second kappa shape index (κ2) is 14.9. The number of rotatable bonds is 8. The molecule has 292 valence electrons. The van der Waals surface area contributed by atoms with Crippen molar-refractivity contribution >= 4 is 17.1 Å². The Bertz CT molecular complexity index is 2590. The quantitative estimate of drug-likeness (QED) is 0.149. The molecular formula is C58H55N. The third-order valence-electron chi connectivity index (χ3n) is 15.0. The minimum absolute atomic E-state index is 0.148. The molecule has 3 unspecified atom stereocenters. The Hall–Kier alpha value is -5.66.